The zero-order chi connectivity index (χ0) is 22.5. The van der Waals surface area contributed by atoms with E-state index in [4.69, 9.17) is 4.74 Å². The van der Waals surface area contributed by atoms with Gasteiger partial charge in [0, 0.05) is 17.5 Å². The lowest BCUT2D eigenvalue weighted by Crippen LogP contribution is -2.08. The van der Waals surface area contributed by atoms with Crippen LogP contribution in [0.4, 0.5) is 0 Å². The molecule has 0 fully saturated rings. The number of ether oxygens (including phenoxy) is 1. The lowest BCUT2D eigenvalue weighted by molar-refractivity contribution is -0.134. The molecule has 3 heteroatoms. The number of aryl methyl sites for hydroxylation is 2. The van der Waals surface area contributed by atoms with Crippen molar-refractivity contribution in [2.24, 2.45) is 0 Å². The minimum absolute atomic E-state index is 0.131. The van der Waals surface area contributed by atoms with Crippen LogP contribution in [0.2, 0.25) is 0 Å². The predicted molar refractivity (Wildman–Crippen MR) is 132 cm³/mol. The van der Waals surface area contributed by atoms with Gasteiger partial charge >= 0.3 is 5.97 Å². The molecule has 1 aromatic heterocycles. The lowest BCUT2D eigenvalue weighted by Gasteiger charge is -2.13. The molecule has 0 bridgehead atoms. The average Bonchev–Trinajstić information content (AvgIpc) is 2.75. The van der Waals surface area contributed by atoms with E-state index in [-0.39, 0.29) is 5.97 Å². The first-order chi connectivity index (χ1) is 15.0. The van der Waals surface area contributed by atoms with E-state index in [1.165, 1.54) is 70.6 Å². The van der Waals surface area contributed by atoms with Crippen molar-refractivity contribution in [2.45, 2.75) is 118 Å². The maximum absolute atomic E-state index is 12.4. The first kappa shape index (κ1) is 25.4. The highest BCUT2D eigenvalue weighted by Crippen LogP contribution is 2.30. The summed E-state index contributed by atoms with van der Waals surface area (Å²) in [6, 6.07) is 5.78. The molecule has 31 heavy (non-hydrogen) atoms. The van der Waals surface area contributed by atoms with Crippen LogP contribution in [-0.2, 0) is 4.79 Å². The predicted octanol–water partition coefficient (Wildman–Crippen LogP) is 8.55. The van der Waals surface area contributed by atoms with Crippen LogP contribution >= 0.6 is 0 Å². The van der Waals surface area contributed by atoms with Gasteiger partial charge in [-0.3, -0.25) is 9.78 Å². The van der Waals surface area contributed by atoms with Crippen LogP contribution < -0.4 is 4.74 Å². The highest BCUT2D eigenvalue weighted by molar-refractivity contribution is 5.91. The Kier molecular flexibility index (Phi) is 11.6. The Labute approximate surface area is 190 Å². The first-order valence-electron chi connectivity index (χ1n) is 12.6. The molecule has 0 N–H and O–H groups in total. The van der Waals surface area contributed by atoms with Gasteiger partial charge in [-0.05, 0) is 50.5 Å². The molecule has 1 aromatic carbocycles. The fraction of sp³-hybridized carbons (Fsp3) is 0.643. The second-order valence-electron chi connectivity index (χ2n) is 9.06. The Morgan fingerprint density at radius 1 is 0.774 bits per heavy atom. The average molecular weight is 426 g/mol. The van der Waals surface area contributed by atoms with Crippen molar-refractivity contribution >= 4 is 16.9 Å². The van der Waals surface area contributed by atoms with Gasteiger partial charge in [0.2, 0.25) is 0 Å². The van der Waals surface area contributed by atoms with Crippen LogP contribution in [0.15, 0.2) is 18.2 Å². The number of esters is 1. The summed E-state index contributed by atoms with van der Waals surface area (Å²) in [7, 11) is 0. The smallest absolute Gasteiger partial charge is 0.311 e. The van der Waals surface area contributed by atoms with Crippen molar-refractivity contribution in [2.75, 3.05) is 0 Å². The fourth-order valence-corrected chi connectivity index (χ4v) is 4.26. The highest BCUT2D eigenvalue weighted by Gasteiger charge is 2.13. The van der Waals surface area contributed by atoms with Crippen LogP contribution in [0.1, 0.15) is 114 Å². The van der Waals surface area contributed by atoms with Crippen LogP contribution in [0.3, 0.4) is 0 Å². The van der Waals surface area contributed by atoms with Crippen LogP contribution in [0.5, 0.6) is 5.75 Å². The third-order valence-electron chi connectivity index (χ3n) is 6.48. The van der Waals surface area contributed by atoms with Gasteiger partial charge in [0.05, 0.1) is 5.52 Å². The van der Waals surface area contributed by atoms with E-state index in [9.17, 15) is 4.79 Å². The first-order valence-corrected chi connectivity index (χ1v) is 12.6. The molecule has 2 aromatic rings. The summed E-state index contributed by atoms with van der Waals surface area (Å²) in [5.74, 6) is 0.512. The fourth-order valence-electron chi connectivity index (χ4n) is 4.26. The second-order valence-corrected chi connectivity index (χ2v) is 9.06. The molecule has 0 aliphatic carbocycles. The normalized spacial score (nSPS) is 11.2. The van der Waals surface area contributed by atoms with Gasteiger partial charge in [0.25, 0.3) is 0 Å². The van der Waals surface area contributed by atoms with Gasteiger partial charge in [0.1, 0.15) is 5.75 Å². The standard InChI is InChI=1S/C28H43NO2/c1-5-6-7-8-9-10-11-12-13-14-15-16-17-21-27(30)31-26-20-18-19-25-28(26)23(3)22(2)24(4)29-25/h18-20H,5-17,21H2,1-4H3. The summed E-state index contributed by atoms with van der Waals surface area (Å²) in [5.41, 5.74) is 4.23. The molecule has 0 radical (unpaired) electrons. The SMILES string of the molecule is CCCCCCCCCCCCCCCC(=O)Oc1cccc2nc(C)c(C)c(C)c12. The maximum atomic E-state index is 12.4. The van der Waals surface area contributed by atoms with Crippen molar-refractivity contribution < 1.29 is 9.53 Å². The van der Waals surface area contributed by atoms with Crippen molar-refractivity contribution in [3.63, 3.8) is 0 Å². The number of carbonyl (C=O) groups is 1. The van der Waals surface area contributed by atoms with E-state index in [1.807, 2.05) is 25.1 Å². The molecule has 2 rings (SSSR count). The van der Waals surface area contributed by atoms with Gasteiger partial charge in [0.15, 0.2) is 0 Å². The number of unbranched alkanes of at least 4 members (excludes halogenated alkanes) is 12. The van der Waals surface area contributed by atoms with Gasteiger partial charge in [-0.1, -0.05) is 90.0 Å². The molecule has 0 aliphatic rings. The number of rotatable bonds is 15. The summed E-state index contributed by atoms with van der Waals surface area (Å²) in [4.78, 5) is 17.0. The molecule has 3 nitrogen and oxygen atoms in total. The quantitative estimate of drug-likeness (QED) is 0.163. The number of benzene rings is 1. The monoisotopic (exact) mass is 425 g/mol. The van der Waals surface area contributed by atoms with E-state index in [2.05, 4.69) is 25.8 Å². The molecule has 0 amide bonds. The van der Waals surface area contributed by atoms with Gasteiger partial charge < -0.3 is 4.74 Å². The van der Waals surface area contributed by atoms with E-state index in [1.54, 1.807) is 0 Å². The number of nitrogens with zero attached hydrogens (tertiary/aromatic N) is 1. The molecule has 1 heterocycles. The Hall–Kier alpha value is -1.90. The number of hydrogen-bond acceptors (Lipinski definition) is 3. The summed E-state index contributed by atoms with van der Waals surface area (Å²) >= 11 is 0. The number of fused-ring (bicyclic) bond motifs is 1. The summed E-state index contributed by atoms with van der Waals surface area (Å²) in [6.07, 6.45) is 17.5. The van der Waals surface area contributed by atoms with Crippen molar-refractivity contribution in [1.82, 2.24) is 4.98 Å². The zero-order valence-electron chi connectivity index (χ0n) is 20.4. The van der Waals surface area contributed by atoms with Gasteiger partial charge in [-0.15, -0.1) is 0 Å². The molecule has 0 spiro atoms. The Morgan fingerprint density at radius 3 is 1.90 bits per heavy atom. The molecule has 0 unspecified atom stereocenters. The molecule has 172 valence electrons. The summed E-state index contributed by atoms with van der Waals surface area (Å²) in [5, 5.41) is 0.962. The molecular formula is C28H43NO2. The Balaban J connectivity index is 1.61. The third-order valence-corrected chi connectivity index (χ3v) is 6.48. The number of carbonyl (C=O) groups excluding carboxylic acids is 1. The van der Waals surface area contributed by atoms with Crippen LogP contribution in [0.25, 0.3) is 10.9 Å². The third kappa shape index (κ3) is 8.63. The van der Waals surface area contributed by atoms with E-state index in [0.717, 1.165) is 40.6 Å². The number of hydrogen-bond donors (Lipinski definition) is 0. The van der Waals surface area contributed by atoms with Crippen molar-refractivity contribution in [1.29, 1.82) is 0 Å². The van der Waals surface area contributed by atoms with Crippen LogP contribution in [0, 0.1) is 20.8 Å². The van der Waals surface area contributed by atoms with E-state index >= 15 is 0 Å². The zero-order valence-corrected chi connectivity index (χ0v) is 20.4. The second kappa shape index (κ2) is 14.2. The van der Waals surface area contributed by atoms with E-state index < -0.39 is 0 Å². The molecule has 0 atom stereocenters. The van der Waals surface area contributed by atoms with Crippen LogP contribution in [-0.4, -0.2) is 11.0 Å². The largest absolute Gasteiger partial charge is 0.426 e. The maximum Gasteiger partial charge on any atom is 0.311 e. The molecule has 0 saturated carbocycles. The minimum atomic E-state index is -0.131. The van der Waals surface area contributed by atoms with Crippen molar-refractivity contribution in [3.8, 4) is 5.75 Å². The topological polar surface area (TPSA) is 39.2 Å². The summed E-state index contributed by atoms with van der Waals surface area (Å²) in [6.45, 7) is 8.45. The van der Waals surface area contributed by atoms with Gasteiger partial charge in [-0.2, -0.15) is 0 Å². The Morgan fingerprint density at radius 2 is 1.32 bits per heavy atom. The molecule has 0 saturated heterocycles. The Bertz CT molecular complexity index is 812. The molecule has 0 aliphatic heterocycles. The van der Waals surface area contributed by atoms with Gasteiger partial charge in [-0.25, -0.2) is 0 Å². The number of pyridine rings is 1. The highest BCUT2D eigenvalue weighted by atomic mass is 16.5. The minimum Gasteiger partial charge on any atom is -0.426 e. The van der Waals surface area contributed by atoms with Crippen molar-refractivity contribution in [3.05, 3.63) is 35.0 Å². The molecular weight excluding hydrogens is 382 g/mol. The van der Waals surface area contributed by atoms with E-state index in [0.29, 0.717) is 12.2 Å². The lowest BCUT2D eigenvalue weighted by atomic mass is 10.0. The summed E-state index contributed by atoms with van der Waals surface area (Å²) < 4.78 is 5.73. The number of aromatic nitrogens is 1.